The number of carbonyl (C=O) groups excluding carboxylic acids is 3. The van der Waals surface area contributed by atoms with Gasteiger partial charge < -0.3 is 19.8 Å². The molecule has 0 spiro atoms. The fourth-order valence-corrected chi connectivity index (χ4v) is 14.6. The van der Waals surface area contributed by atoms with Crippen LogP contribution in [0.3, 0.4) is 0 Å². The van der Waals surface area contributed by atoms with Crippen LogP contribution in [0.25, 0.3) is 0 Å². The lowest BCUT2D eigenvalue weighted by Crippen LogP contribution is -2.66. The number of Topliss-reactive ketones (excluding diaryl/α,β-unsaturated/α-hetero) is 1. The van der Waals surface area contributed by atoms with E-state index in [1.165, 1.54) is 11.1 Å². The number of ether oxygens (including phenoxy) is 1. The lowest BCUT2D eigenvalue weighted by Gasteiger charge is -2.72. The van der Waals surface area contributed by atoms with Crippen molar-refractivity contribution in [3.8, 4) is 0 Å². The van der Waals surface area contributed by atoms with Crippen molar-refractivity contribution in [1.29, 1.82) is 0 Å². The minimum absolute atomic E-state index is 0.0196. The number of carboxylic acid groups (broad SMARTS) is 1. The molecule has 326 valence electrons. The summed E-state index contributed by atoms with van der Waals surface area (Å²) in [5.74, 6) is 0.118. The van der Waals surface area contributed by atoms with Gasteiger partial charge in [0.15, 0.2) is 5.78 Å². The molecule has 1 aromatic carbocycles. The number of aliphatic hydroxyl groups is 1. The van der Waals surface area contributed by atoms with Gasteiger partial charge in [0.2, 0.25) is 5.91 Å². The van der Waals surface area contributed by atoms with Crippen LogP contribution in [0.1, 0.15) is 145 Å². The summed E-state index contributed by atoms with van der Waals surface area (Å²) < 4.78 is 6.20. The molecule has 0 aromatic heterocycles. The lowest BCUT2D eigenvalue weighted by molar-refractivity contribution is -0.235. The zero-order chi connectivity index (χ0) is 42.9. The number of allylic oxidation sites excluding steroid dienone is 1. The molecule has 0 bridgehead atoms. The van der Waals surface area contributed by atoms with Gasteiger partial charge in [0.1, 0.15) is 6.10 Å². The Morgan fingerprint density at radius 3 is 2.29 bits per heavy atom. The van der Waals surface area contributed by atoms with E-state index in [9.17, 15) is 29.4 Å². The van der Waals surface area contributed by atoms with Crippen LogP contribution in [0.4, 0.5) is 0 Å². The highest BCUT2D eigenvalue weighted by Crippen LogP contribution is 2.77. The van der Waals surface area contributed by atoms with Crippen molar-refractivity contribution in [2.75, 3.05) is 26.2 Å². The van der Waals surface area contributed by atoms with Gasteiger partial charge in [0, 0.05) is 56.4 Å². The van der Waals surface area contributed by atoms with Crippen molar-refractivity contribution in [2.24, 2.45) is 56.2 Å². The van der Waals surface area contributed by atoms with Crippen molar-refractivity contribution >= 4 is 23.6 Å². The minimum Gasteiger partial charge on any atom is -0.481 e. The molecule has 2 N–H and O–H groups in total. The van der Waals surface area contributed by atoms with Crippen LogP contribution in [0.15, 0.2) is 41.5 Å². The Kier molecular flexibility index (Phi) is 11.7. The number of amides is 1. The molecule has 1 heterocycles. The third-order valence-corrected chi connectivity index (χ3v) is 18.0. The number of fused-ring (bicyclic) bond motifs is 7. The zero-order valence-corrected chi connectivity index (χ0v) is 37.7. The van der Waals surface area contributed by atoms with Crippen LogP contribution < -0.4 is 0 Å². The first-order chi connectivity index (χ1) is 27.6. The van der Waals surface area contributed by atoms with Crippen LogP contribution in [0.2, 0.25) is 0 Å². The molecule has 5 aliphatic carbocycles. The predicted molar refractivity (Wildman–Crippen MR) is 229 cm³/mol. The molecule has 9 nitrogen and oxygen atoms in total. The topological polar surface area (TPSA) is 124 Å². The van der Waals surface area contributed by atoms with Crippen molar-refractivity contribution in [2.45, 2.75) is 158 Å². The van der Waals surface area contributed by atoms with Gasteiger partial charge in [0.05, 0.1) is 17.9 Å². The lowest BCUT2D eigenvalue weighted by atomic mass is 9.33. The normalized spacial score (nSPS) is 36.0. The zero-order valence-electron chi connectivity index (χ0n) is 37.7. The number of likely N-dealkylation sites (tertiary alicyclic amines) is 1. The van der Waals surface area contributed by atoms with E-state index < -0.39 is 28.9 Å². The summed E-state index contributed by atoms with van der Waals surface area (Å²) in [7, 11) is 0. The second-order valence-electron chi connectivity index (χ2n) is 22.3. The van der Waals surface area contributed by atoms with E-state index in [1.54, 1.807) is 13.8 Å². The maximum atomic E-state index is 14.4. The Hall–Kier alpha value is -3.04. The fourth-order valence-electron chi connectivity index (χ4n) is 14.6. The van der Waals surface area contributed by atoms with Gasteiger partial charge in [-0.2, -0.15) is 0 Å². The SMILES string of the molecule is CC(C)C1=C2[C@H]3CC[C@@H]4[C@@]5(C)CC[C@H](OC(=O)CC(C)(C)C(=O)O)C(C)(C)[C@@H]5CC[C@@]4(C)[C@]3(C)CC[C@@]2([C@H](O)CN(CCN2CCCC2=O)Cc2ccccc2)CC1=O. The first-order valence-corrected chi connectivity index (χ1v) is 23.0. The van der Waals surface area contributed by atoms with E-state index in [4.69, 9.17) is 4.74 Å². The summed E-state index contributed by atoms with van der Waals surface area (Å²) in [5, 5.41) is 22.4. The molecule has 1 aliphatic heterocycles. The number of esters is 1. The smallest absolute Gasteiger partial charge is 0.309 e. The molecule has 5 fully saturated rings. The Morgan fingerprint density at radius 2 is 1.64 bits per heavy atom. The van der Waals surface area contributed by atoms with E-state index in [0.29, 0.717) is 50.9 Å². The highest BCUT2D eigenvalue weighted by molar-refractivity contribution is 6.00. The summed E-state index contributed by atoms with van der Waals surface area (Å²) in [4.78, 5) is 56.3. The minimum atomic E-state index is -1.18. The average Bonchev–Trinajstić information content (AvgIpc) is 3.71. The van der Waals surface area contributed by atoms with Gasteiger partial charge in [-0.1, -0.05) is 84.4 Å². The molecule has 1 saturated heterocycles. The number of rotatable bonds is 13. The quantitative estimate of drug-likeness (QED) is 0.189. The van der Waals surface area contributed by atoms with Crippen LogP contribution in [-0.2, 0) is 30.5 Å². The van der Waals surface area contributed by atoms with Crippen molar-refractivity contribution < 1.29 is 34.1 Å². The standard InChI is InChI=1S/C50H74N2O7/c1-32(2)42-35(53)28-50(38(54)31-51(30-33-14-11-10-12-15-33)26-27-52-25-13-16-40(52)55)24-23-48(8)34(43(42)50)17-18-37-47(7)21-20-39(59-41(56)29-45(3,4)44(57)58)46(5,6)36(47)19-22-49(37,48)9/h10-12,14-15,32,34,36-39,54H,13,16-31H2,1-9H3,(H,57,58)/t34-,36+,37-,38-,39+,47+,48-,49-,50+/m1/s1. The molecule has 6 aliphatic rings. The third-order valence-electron chi connectivity index (χ3n) is 18.0. The van der Waals surface area contributed by atoms with E-state index in [1.807, 2.05) is 11.0 Å². The van der Waals surface area contributed by atoms with Crippen LogP contribution in [0.5, 0.6) is 0 Å². The molecule has 7 rings (SSSR count). The number of aliphatic hydroxyl groups excluding tert-OH is 1. The molecule has 1 amide bonds. The van der Waals surface area contributed by atoms with Gasteiger partial charge in [-0.25, -0.2) is 0 Å². The van der Waals surface area contributed by atoms with Gasteiger partial charge in [0.25, 0.3) is 0 Å². The van der Waals surface area contributed by atoms with Crippen molar-refractivity contribution in [3.63, 3.8) is 0 Å². The number of ketones is 1. The number of hydrogen-bond acceptors (Lipinski definition) is 7. The molecule has 0 radical (unpaired) electrons. The summed E-state index contributed by atoms with van der Waals surface area (Å²) in [5.41, 5.74) is 1.41. The summed E-state index contributed by atoms with van der Waals surface area (Å²) >= 11 is 0. The maximum absolute atomic E-state index is 14.4. The molecule has 9 heteroatoms. The molecular weight excluding hydrogens is 741 g/mol. The Bertz CT molecular complexity index is 1840. The first kappa shape index (κ1) is 44.0. The second kappa shape index (κ2) is 15.7. The highest BCUT2D eigenvalue weighted by atomic mass is 16.5. The number of carbonyl (C=O) groups is 4. The van der Waals surface area contributed by atoms with Gasteiger partial charge in [-0.15, -0.1) is 0 Å². The summed E-state index contributed by atoms with van der Waals surface area (Å²) in [6.07, 6.45) is 8.43. The molecule has 9 atom stereocenters. The molecular formula is C50H74N2O7. The number of aliphatic carboxylic acids is 1. The summed E-state index contributed by atoms with van der Waals surface area (Å²) in [6.45, 7) is 22.9. The number of hydrogen-bond donors (Lipinski definition) is 2. The predicted octanol–water partition coefficient (Wildman–Crippen LogP) is 8.87. The van der Waals surface area contributed by atoms with E-state index in [-0.39, 0.29) is 57.7 Å². The third kappa shape index (κ3) is 7.34. The Balaban J connectivity index is 1.16. The van der Waals surface area contributed by atoms with Crippen LogP contribution >= 0.6 is 0 Å². The Labute approximate surface area is 354 Å². The highest BCUT2D eigenvalue weighted by Gasteiger charge is 2.71. The monoisotopic (exact) mass is 815 g/mol. The maximum Gasteiger partial charge on any atom is 0.309 e. The fraction of sp³-hybridized carbons (Fsp3) is 0.760. The Morgan fingerprint density at radius 1 is 0.932 bits per heavy atom. The van der Waals surface area contributed by atoms with Crippen LogP contribution in [0, 0.1) is 56.2 Å². The van der Waals surface area contributed by atoms with Gasteiger partial charge in [-0.3, -0.25) is 24.1 Å². The first-order valence-electron chi connectivity index (χ1n) is 23.0. The van der Waals surface area contributed by atoms with E-state index in [2.05, 4.69) is 77.6 Å². The van der Waals surface area contributed by atoms with Gasteiger partial charge >= 0.3 is 11.9 Å². The largest absolute Gasteiger partial charge is 0.481 e. The molecule has 0 unspecified atom stereocenters. The van der Waals surface area contributed by atoms with Crippen LogP contribution in [-0.4, -0.2) is 82.0 Å². The molecule has 59 heavy (non-hydrogen) atoms. The number of benzene rings is 1. The van der Waals surface area contributed by atoms with Gasteiger partial charge in [-0.05, 0) is 123 Å². The molecule has 1 aromatic rings. The van der Waals surface area contributed by atoms with E-state index >= 15 is 0 Å². The second-order valence-corrected chi connectivity index (χ2v) is 22.3. The number of nitrogens with zero attached hydrogens (tertiary/aromatic N) is 2. The average molecular weight is 815 g/mol. The summed E-state index contributed by atoms with van der Waals surface area (Å²) in [6, 6.07) is 10.4. The van der Waals surface area contributed by atoms with Crippen molar-refractivity contribution in [1.82, 2.24) is 9.80 Å². The van der Waals surface area contributed by atoms with E-state index in [0.717, 1.165) is 69.9 Å². The molecule has 4 saturated carbocycles. The van der Waals surface area contributed by atoms with Crippen molar-refractivity contribution in [3.05, 3.63) is 47.0 Å². The number of carboxylic acids is 1.